The Balaban J connectivity index is 1.85. The van der Waals surface area contributed by atoms with Gasteiger partial charge in [-0.05, 0) is 42.5 Å². The Morgan fingerprint density at radius 2 is 1.85 bits per heavy atom. The number of nitrogens with zero attached hydrogens (tertiary/aromatic N) is 1. The second-order valence-electron chi connectivity index (χ2n) is 5.61. The van der Waals surface area contributed by atoms with E-state index in [0.29, 0.717) is 17.7 Å². The lowest BCUT2D eigenvalue weighted by Gasteiger charge is -2.04. The van der Waals surface area contributed by atoms with Gasteiger partial charge in [-0.1, -0.05) is 6.92 Å². The van der Waals surface area contributed by atoms with E-state index in [9.17, 15) is 14.7 Å². The molecule has 0 aliphatic carbocycles. The predicted octanol–water partition coefficient (Wildman–Crippen LogP) is 3.63. The molecule has 0 atom stereocenters. The summed E-state index contributed by atoms with van der Waals surface area (Å²) in [5, 5.41) is 15.2. The van der Waals surface area contributed by atoms with E-state index >= 15 is 0 Å². The summed E-state index contributed by atoms with van der Waals surface area (Å²) in [5.74, 6) is -0.877. The van der Waals surface area contributed by atoms with E-state index in [4.69, 9.17) is 5.73 Å². The molecule has 3 rings (SSSR count). The summed E-state index contributed by atoms with van der Waals surface area (Å²) in [6.07, 6.45) is 0.428. The van der Waals surface area contributed by atoms with Crippen LogP contribution in [0.15, 0.2) is 47.8 Å². The lowest BCUT2D eigenvalue weighted by atomic mass is 10.1. The van der Waals surface area contributed by atoms with Crippen LogP contribution in [0.2, 0.25) is 0 Å². The van der Waals surface area contributed by atoms with Crippen molar-refractivity contribution in [2.24, 2.45) is 5.73 Å². The number of carbonyl (C=O) groups excluding carboxylic acids is 2. The quantitative estimate of drug-likeness (QED) is 0.640. The average molecular weight is 367 g/mol. The third kappa shape index (κ3) is 3.73. The Labute approximate surface area is 154 Å². The van der Waals surface area contributed by atoms with Crippen molar-refractivity contribution in [3.63, 3.8) is 0 Å². The Kier molecular flexibility index (Phi) is 4.99. The minimum absolute atomic E-state index is 0.0353. The molecule has 0 spiro atoms. The first-order valence-corrected chi connectivity index (χ1v) is 8.85. The highest BCUT2D eigenvalue weighted by Gasteiger charge is 2.12. The monoisotopic (exact) mass is 367 g/mol. The Bertz CT molecular complexity index is 964. The SMILES string of the molecule is CCC(=O)Nc1ccc(-c2nc(-c3ccc(O)c(C(N)=O)c3)cs2)cc1. The molecule has 26 heavy (non-hydrogen) atoms. The van der Waals surface area contributed by atoms with Crippen molar-refractivity contribution in [2.45, 2.75) is 13.3 Å². The molecule has 132 valence electrons. The molecule has 0 unspecified atom stereocenters. The van der Waals surface area contributed by atoms with E-state index < -0.39 is 5.91 Å². The topological polar surface area (TPSA) is 105 Å². The third-order valence-corrected chi connectivity index (χ3v) is 4.69. The summed E-state index contributed by atoms with van der Waals surface area (Å²) < 4.78 is 0. The molecular formula is C19H17N3O3S. The first kappa shape index (κ1) is 17.6. The summed E-state index contributed by atoms with van der Waals surface area (Å²) in [6, 6.07) is 12.1. The molecule has 0 aliphatic rings. The minimum Gasteiger partial charge on any atom is -0.507 e. The second kappa shape index (κ2) is 7.37. The summed E-state index contributed by atoms with van der Waals surface area (Å²) in [4.78, 5) is 27.4. The van der Waals surface area contributed by atoms with Gasteiger partial charge in [0.2, 0.25) is 5.91 Å². The summed E-state index contributed by atoms with van der Waals surface area (Å²) in [7, 11) is 0. The maximum Gasteiger partial charge on any atom is 0.252 e. The Hall–Kier alpha value is -3.19. The van der Waals surface area contributed by atoms with Gasteiger partial charge in [0.05, 0.1) is 11.3 Å². The molecule has 0 radical (unpaired) electrons. The molecule has 0 aliphatic heterocycles. The lowest BCUT2D eigenvalue weighted by Crippen LogP contribution is -2.11. The van der Waals surface area contributed by atoms with E-state index in [0.717, 1.165) is 16.3 Å². The second-order valence-corrected chi connectivity index (χ2v) is 6.47. The van der Waals surface area contributed by atoms with Crippen molar-refractivity contribution in [1.29, 1.82) is 0 Å². The average Bonchev–Trinajstić information content (AvgIpc) is 3.12. The highest BCUT2D eigenvalue weighted by atomic mass is 32.1. The number of rotatable bonds is 5. The first-order chi connectivity index (χ1) is 12.5. The molecule has 1 aromatic heterocycles. The first-order valence-electron chi connectivity index (χ1n) is 7.97. The molecule has 6 nitrogen and oxygen atoms in total. The van der Waals surface area contributed by atoms with Crippen LogP contribution in [0.4, 0.5) is 5.69 Å². The van der Waals surface area contributed by atoms with E-state index in [2.05, 4.69) is 10.3 Å². The van der Waals surface area contributed by atoms with E-state index in [1.165, 1.54) is 23.5 Å². The van der Waals surface area contributed by atoms with Crippen LogP contribution in [0.5, 0.6) is 5.75 Å². The lowest BCUT2D eigenvalue weighted by molar-refractivity contribution is -0.115. The zero-order chi connectivity index (χ0) is 18.7. The molecule has 2 aromatic carbocycles. The van der Waals surface area contributed by atoms with Crippen LogP contribution >= 0.6 is 11.3 Å². The van der Waals surface area contributed by atoms with E-state index in [1.807, 2.05) is 29.6 Å². The van der Waals surface area contributed by atoms with Gasteiger partial charge in [-0.15, -0.1) is 11.3 Å². The minimum atomic E-state index is -0.690. The number of aromatic hydroxyl groups is 1. The molecule has 0 saturated heterocycles. The fourth-order valence-electron chi connectivity index (χ4n) is 2.38. The maximum atomic E-state index is 11.4. The number of nitrogens with one attached hydrogen (secondary N) is 1. The summed E-state index contributed by atoms with van der Waals surface area (Å²) in [6.45, 7) is 1.80. The number of thiazole rings is 1. The Morgan fingerprint density at radius 3 is 2.50 bits per heavy atom. The molecule has 2 amide bonds. The van der Waals surface area contributed by atoms with Gasteiger partial charge >= 0.3 is 0 Å². The van der Waals surface area contributed by atoms with Gasteiger partial charge in [0, 0.05) is 28.6 Å². The molecule has 0 saturated carbocycles. The van der Waals surface area contributed by atoms with Crippen molar-refractivity contribution >= 4 is 28.8 Å². The van der Waals surface area contributed by atoms with Gasteiger partial charge in [-0.2, -0.15) is 0 Å². The molecule has 3 aromatic rings. The smallest absolute Gasteiger partial charge is 0.252 e. The van der Waals surface area contributed by atoms with Crippen LogP contribution in [-0.4, -0.2) is 21.9 Å². The zero-order valence-corrected chi connectivity index (χ0v) is 14.8. The maximum absolute atomic E-state index is 11.4. The van der Waals surface area contributed by atoms with Crippen LogP contribution < -0.4 is 11.1 Å². The van der Waals surface area contributed by atoms with E-state index in [1.54, 1.807) is 13.0 Å². The van der Waals surface area contributed by atoms with Crippen LogP contribution in [0, 0.1) is 0 Å². The van der Waals surface area contributed by atoms with Gasteiger partial charge in [0.1, 0.15) is 10.8 Å². The standard InChI is InChI=1S/C19H17N3O3S/c1-2-17(24)21-13-6-3-11(4-7-13)19-22-15(10-26-19)12-5-8-16(23)14(9-12)18(20)25/h3-10,23H,2H2,1H3,(H2,20,25)(H,21,24). The van der Waals surface area contributed by atoms with Crippen molar-refractivity contribution in [3.8, 4) is 27.6 Å². The molecule has 4 N–H and O–H groups in total. The van der Waals surface area contributed by atoms with E-state index in [-0.39, 0.29) is 17.2 Å². The van der Waals surface area contributed by atoms with Crippen LogP contribution in [-0.2, 0) is 4.79 Å². The fourth-order valence-corrected chi connectivity index (χ4v) is 3.21. The molecule has 0 bridgehead atoms. The zero-order valence-electron chi connectivity index (χ0n) is 14.0. The van der Waals surface area contributed by atoms with Gasteiger partial charge in [0.25, 0.3) is 5.91 Å². The van der Waals surface area contributed by atoms with Crippen molar-refractivity contribution in [1.82, 2.24) is 4.98 Å². The number of anilines is 1. The number of primary amides is 1. The number of benzene rings is 2. The number of amides is 2. The highest BCUT2D eigenvalue weighted by molar-refractivity contribution is 7.13. The predicted molar refractivity (Wildman–Crippen MR) is 102 cm³/mol. The van der Waals surface area contributed by atoms with Crippen molar-refractivity contribution in [3.05, 3.63) is 53.4 Å². The normalized spacial score (nSPS) is 10.5. The van der Waals surface area contributed by atoms with Gasteiger partial charge in [-0.25, -0.2) is 4.98 Å². The number of aromatic nitrogens is 1. The van der Waals surface area contributed by atoms with Crippen LogP contribution in [0.3, 0.4) is 0 Å². The summed E-state index contributed by atoms with van der Waals surface area (Å²) in [5.41, 5.74) is 8.38. The number of hydrogen-bond donors (Lipinski definition) is 3. The highest BCUT2D eigenvalue weighted by Crippen LogP contribution is 2.31. The molecule has 1 heterocycles. The largest absolute Gasteiger partial charge is 0.507 e. The molecule has 0 fully saturated rings. The summed E-state index contributed by atoms with van der Waals surface area (Å²) >= 11 is 1.46. The fraction of sp³-hybridized carbons (Fsp3) is 0.105. The molecular weight excluding hydrogens is 350 g/mol. The van der Waals surface area contributed by atoms with Gasteiger partial charge in [0.15, 0.2) is 0 Å². The van der Waals surface area contributed by atoms with Gasteiger partial charge < -0.3 is 16.2 Å². The van der Waals surface area contributed by atoms with Crippen LogP contribution in [0.25, 0.3) is 21.8 Å². The third-order valence-electron chi connectivity index (χ3n) is 3.80. The number of phenols is 1. The number of hydrogen-bond acceptors (Lipinski definition) is 5. The number of carbonyl (C=O) groups is 2. The van der Waals surface area contributed by atoms with Crippen LogP contribution in [0.1, 0.15) is 23.7 Å². The van der Waals surface area contributed by atoms with Gasteiger partial charge in [-0.3, -0.25) is 9.59 Å². The van der Waals surface area contributed by atoms with Crippen molar-refractivity contribution in [2.75, 3.05) is 5.32 Å². The number of nitrogens with two attached hydrogens (primary N) is 1. The van der Waals surface area contributed by atoms with Crippen molar-refractivity contribution < 1.29 is 14.7 Å². The molecule has 7 heteroatoms. The Morgan fingerprint density at radius 1 is 1.15 bits per heavy atom.